The molecule has 2 aromatic heterocycles. The number of aromatic nitrogens is 2. The van der Waals surface area contributed by atoms with Crippen LogP contribution in [0.25, 0.3) is 16.6 Å². The van der Waals surface area contributed by atoms with Gasteiger partial charge >= 0.3 is 0 Å². The fourth-order valence-corrected chi connectivity index (χ4v) is 4.36. The molecule has 0 radical (unpaired) electrons. The first-order valence-electron chi connectivity index (χ1n) is 10.9. The Hall–Kier alpha value is -3.38. The lowest BCUT2D eigenvalue weighted by Gasteiger charge is -2.31. The van der Waals surface area contributed by atoms with Crippen LogP contribution in [0.2, 0.25) is 0 Å². The summed E-state index contributed by atoms with van der Waals surface area (Å²) in [4.78, 5) is 12.3. The molecule has 2 aliphatic rings. The van der Waals surface area contributed by atoms with Gasteiger partial charge in [0, 0.05) is 42.1 Å². The van der Waals surface area contributed by atoms with E-state index in [2.05, 4.69) is 51.5 Å². The highest BCUT2D eigenvalue weighted by molar-refractivity contribution is 5.95. The molecule has 0 bridgehead atoms. The van der Waals surface area contributed by atoms with Gasteiger partial charge in [-0.3, -0.25) is 0 Å². The molecule has 0 unspecified atom stereocenters. The first kappa shape index (κ1) is 20.5. The van der Waals surface area contributed by atoms with Gasteiger partial charge in [0.2, 0.25) is 0 Å². The van der Waals surface area contributed by atoms with E-state index in [4.69, 9.17) is 4.74 Å². The topological polar surface area (TPSA) is 44.4 Å². The van der Waals surface area contributed by atoms with Gasteiger partial charge in [-0.1, -0.05) is 18.7 Å². The van der Waals surface area contributed by atoms with E-state index in [1.54, 1.807) is 13.0 Å². The summed E-state index contributed by atoms with van der Waals surface area (Å²) in [7, 11) is 0. The Bertz CT molecular complexity index is 1240. The van der Waals surface area contributed by atoms with E-state index >= 15 is 0 Å². The number of aryl methyl sites for hydroxylation is 1. The van der Waals surface area contributed by atoms with Gasteiger partial charge in [0.25, 0.3) is 0 Å². The quantitative estimate of drug-likeness (QED) is 0.607. The maximum absolute atomic E-state index is 14.1. The van der Waals surface area contributed by atoms with Crippen LogP contribution in [0.3, 0.4) is 0 Å². The maximum atomic E-state index is 14.1. The van der Waals surface area contributed by atoms with Gasteiger partial charge < -0.3 is 19.5 Å². The number of H-pyrrole nitrogens is 1. The lowest BCUT2D eigenvalue weighted by atomic mass is 9.99. The molecule has 1 fully saturated rings. The third-order valence-corrected chi connectivity index (χ3v) is 6.37. The average molecular weight is 431 g/mol. The number of benzene rings is 1. The molecule has 32 heavy (non-hydrogen) atoms. The number of hydrogen-bond donors (Lipinski definition) is 1. The van der Waals surface area contributed by atoms with E-state index in [-0.39, 0.29) is 11.9 Å². The van der Waals surface area contributed by atoms with Crippen LogP contribution in [0.5, 0.6) is 0 Å². The van der Waals surface area contributed by atoms with E-state index in [1.807, 2.05) is 30.7 Å². The number of pyridine rings is 1. The normalized spacial score (nSPS) is 17.7. The molecule has 4 heterocycles. The number of rotatable bonds is 4. The molecule has 1 saturated heterocycles. The van der Waals surface area contributed by atoms with Gasteiger partial charge in [-0.25, -0.2) is 9.37 Å². The van der Waals surface area contributed by atoms with Gasteiger partial charge in [0.15, 0.2) is 0 Å². The van der Waals surface area contributed by atoms with Crippen molar-refractivity contribution in [3.8, 4) is 0 Å². The van der Waals surface area contributed by atoms with Crippen molar-refractivity contribution >= 4 is 22.3 Å². The minimum atomic E-state index is -0.181. The summed E-state index contributed by atoms with van der Waals surface area (Å²) >= 11 is 0. The second-order valence-corrected chi connectivity index (χ2v) is 8.39. The monoisotopic (exact) mass is 430 g/mol. The largest absolute Gasteiger partial charge is 0.378 e. The molecule has 1 aromatic carbocycles. The summed E-state index contributed by atoms with van der Waals surface area (Å²) in [6.45, 7) is 11.3. The van der Waals surface area contributed by atoms with Crippen molar-refractivity contribution in [1.29, 1.82) is 0 Å². The van der Waals surface area contributed by atoms with Crippen LogP contribution in [0.4, 0.5) is 10.1 Å². The molecule has 0 aliphatic carbocycles. The summed E-state index contributed by atoms with van der Waals surface area (Å²) in [5, 5.41) is 1.08. The Morgan fingerprint density at radius 3 is 2.78 bits per heavy atom. The molecule has 0 amide bonds. The van der Waals surface area contributed by atoms with Crippen LogP contribution in [0.1, 0.15) is 29.7 Å². The summed E-state index contributed by atoms with van der Waals surface area (Å²) in [6.07, 6.45) is 10.1. The standard InChI is InChI=1S/C26H27FN4O/c1-17-4-5-20(13-25(17)27)19(3)31-7-6-21(12-18(31)2)24-16-29-26-23(24)14-22(15-28-26)30-8-10-32-11-9-30/h4-7,12-16,19H,2,8-11H2,1,3H3,(H,28,29)/t19-/m1/s1. The van der Waals surface area contributed by atoms with Crippen LogP contribution < -0.4 is 4.90 Å². The van der Waals surface area contributed by atoms with Crippen molar-refractivity contribution in [3.63, 3.8) is 0 Å². The fraction of sp³-hybridized carbons (Fsp3) is 0.269. The number of aromatic amines is 1. The number of ether oxygens (including phenoxy) is 1. The second-order valence-electron chi connectivity index (χ2n) is 8.39. The Morgan fingerprint density at radius 1 is 1.22 bits per heavy atom. The zero-order valence-electron chi connectivity index (χ0n) is 18.4. The summed E-state index contributed by atoms with van der Waals surface area (Å²) < 4.78 is 19.6. The van der Waals surface area contributed by atoms with Crippen molar-refractivity contribution in [2.75, 3.05) is 31.2 Å². The number of halogens is 1. The van der Waals surface area contributed by atoms with Gasteiger partial charge in [0.05, 0.1) is 31.1 Å². The maximum Gasteiger partial charge on any atom is 0.138 e. The third kappa shape index (κ3) is 3.71. The van der Waals surface area contributed by atoms with Crippen molar-refractivity contribution < 1.29 is 9.13 Å². The Morgan fingerprint density at radius 2 is 2.03 bits per heavy atom. The highest BCUT2D eigenvalue weighted by Crippen LogP contribution is 2.34. The smallest absolute Gasteiger partial charge is 0.138 e. The molecule has 5 nitrogen and oxygen atoms in total. The predicted molar refractivity (Wildman–Crippen MR) is 127 cm³/mol. The number of nitrogens with one attached hydrogen (secondary N) is 1. The van der Waals surface area contributed by atoms with Gasteiger partial charge in [0.1, 0.15) is 11.5 Å². The molecular weight excluding hydrogens is 403 g/mol. The van der Waals surface area contributed by atoms with Gasteiger partial charge in [-0.05, 0) is 54.8 Å². The predicted octanol–water partition coefficient (Wildman–Crippen LogP) is 5.33. The molecule has 5 rings (SSSR count). The van der Waals surface area contributed by atoms with Crippen LogP contribution >= 0.6 is 0 Å². The highest BCUT2D eigenvalue weighted by atomic mass is 19.1. The number of hydrogen-bond acceptors (Lipinski definition) is 4. The lowest BCUT2D eigenvalue weighted by molar-refractivity contribution is 0.122. The Kier molecular flexibility index (Phi) is 5.31. The second kappa shape index (κ2) is 8.28. The number of nitrogens with zero attached hydrogens (tertiary/aromatic N) is 3. The van der Waals surface area contributed by atoms with E-state index < -0.39 is 0 Å². The minimum Gasteiger partial charge on any atom is -0.378 e. The number of morpholine rings is 1. The van der Waals surface area contributed by atoms with E-state index in [1.165, 1.54) is 0 Å². The highest BCUT2D eigenvalue weighted by Gasteiger charge is 2.20. The van der Waals surface area contributed by atoms with E-state index in [0.717, 1.165) is 65.4 Å². The summed E-state index contributed by atoms with van der Waals surface area (Å²) in [5.41, 5.74) is 6.57. The third-order valence-electron chi connectivity index (χ3n) is 6.37. The average Bonchev–Trinajstić information content (AvgIpc) is 3.24. The van der Waals surface area contributed by atoms with Crippen LogP contribution in [0.15, 0.2) is 67.3 Å². The van der Waals surface area contributed by atoms with Crippen LogP contribution in [-0.4, -0.2) is 41.2 Å². The van der Waals surface area contributed by atoms with Crippen molar-refractivity contribution in [2.24, 2.45) is 0 Å². The molecule has 1 N–H and O–H groups in total. The molecule has 0 saturated carbocycles. The zero-order valence-corrected chi connectivity index (χ0v) is 18.4. The van der Waals surface area contributed by atoms with Crippen molar-refractivity contribution in [3.05, 3.63) is 89.8 Å². The minimum absolute atomic E-state index is 0.0239. The number of anilines is 1. The first-order chi connectivity index (χ1) is 15.5. The molecule has 164 valence electrons. The molecule has 3 aromatic rings. The fourth-order valence-electron chi connectivity index (χ4n) is 4.36. The summed E-state index contributed by atoms with van der Waals surface area (Å²) in [6, 6.07) is 7.58. The van der Waals surface area contributed by atoms with Crippen molar-refractivity contribution in [1.82, 2.24) is 14.9 Å². The van der Waals surface area contributed by atoms with Crippen LogP contribution in [0, 0.1) is 12.7 Å². The van der Waals surface area contributed by atoms with Crippen molar-refractivity contribution in [2.45, 2.75) is 19.9 Å². The SMILES string of the molecule is C=C1C=C(c2c[nH]c3ncc(N4CCOCC4)cc23)C=CN1[C@H](C)c1ccc(C)c(F)c1. The van der Waals surface area contributed by atoms with E-state index in [0.29, 0.717) is 5.56 Å². The zero-order chi connectivity index (χ0) is 22.2. The molecule has 2 aliphatic heterocycles. The first-order valence-corrected chi connectivity index (χ1v) is 10.9. The van der Waals surface area contributed by atoms with E-state index in [9.17, 15) is 4.39 Å². The van der Waals surface area contributed by atoms with Gasteiger partial charge in [-0.2, -0.15) is 0 Å². The van der Waals surface area contributed by atoms with Crippen LogP contribution in [-0.2, 0) is 4.74 Å². The molecule has 6 heteroatoms. The Balaban J connectivity index is 1.42. The summed E-state index contributed by atoms with van der Waals surface area (Å²) in [5.74, 6) is -0.181. The molecular formula is C26H27FN4O. The molecule has 0 spiro atoms. The number of allylic oxidation sites excluding steroid dienone is 3. The number of fused-ring (bicyclic) bond motifs is 1. The lowest BCUT2D eigenvalue weighted by Crippen LogP contribution is -2.36. The molecule has 1 atom stereocenters. The Labute approximate surface area is 187 Å². The van der Waals surface area contributed by atoms with Gasteiger partial charge in [-0.15, -0.1) is 0 Å².